The van der Waals surface area contributed by atoms with Gasteiger partial charge in [0.05, 0.1) is 6.54 Å². The minimum Gasteiger partial charge on any atom is -0.480 e. The molecule has 84 valence electrons. The molecule has 15 heavy (non-hydrogen) atoms. The lowest BCUT2D eigenvalue weighted by Crippen LogP contribution is -2.47. The summed E-state index contributed by atoms with van der Waals surface area (Å²) in [6.07, 6.45) is 0.996. The number of aliphatic carboxylic acids is 2. The first-order valence-corrected chi connectivity index (χ1v) is 4.05. The molecule has 1 atom stereocenters. The molecular formula is C8H12N2O5. The Bertz CT molecular complexity index is 276. The van der Waals surface area contributed by atoms with Crippen molar-refractivity contribution < 1.29 is 24.6 Å². The Labute approximate surface area is 85.8 Å². The van der Waals surface area contributed by atoms with Gasteiger partial charge in [0.15, 0.2) is 0 Å². The van der Waals surface area contributed by atoms with Crippen molar-refractivity contribution in [3.05, 3.63) is 12.7 Å². The molecule has 0 heterocycles. The van der Waals surface area contributed by atoms with Crippen molar-refractivity contribution in [3.8, 4) is 0 Å². The lowest BCUT2D eigenvalue weighted by atomic mass is 10.3. The van der Waals surface area contributed by atoms with Crippen molar-refractivity contribution in [2.75, 3.05) is 13.1 Å². The molecule has 0 spiro atoms. The molecule has 0 aromatic heterocycles. The lowest BCUT2D eigenvalue weighted by molar-refractivity contribution is -0.140. The fourth-order valence-corrected chi connectivity index (χ4v) is 0.732. The van der Waals surface area contributed by atoms with E-state index in [1.165, 1.54) is 0 Å². The third kappa shape index (κ3) is 6.22. The van der Waals surface area contributed by atoms with E-state index in [0.29, 0.717) is 0 Å². The van der Waals surface area contributed by atoms with Crippen LogP contribution in [-0.4, -0.2) is 47.2 Å². The lowest BCUT2D eigenvalue weighted by Gasteiger charge is -2.12. The molecule has 0 aliphatic rings. The van der Waals surface area contributed by atoms with Crippen LogP contribution in [0.2, 0.25) is 0 Å². The minimum absolute atomic E-state index is 0.201. The first-order valence-electron chi connectivity index (χ1n) is 4.05. The van der Waals surface area contributed by atoms with E-state index in [1.807, 2.05) is 0 Å². The predicted octanol–water partition coefficient (Wildman–Crippen LogP) is -1.58. The average Bonchev–Trinajstić information content (AvgIpc) is 2.16. The second-order valence-electron chi connectivity index (χ2n) is 2.61. The Morgan fingerprint density at radius 1 is 1.33 bits per heavy atom. The second kappa shape index (κ2) is 6.55. The van der Waals surface area contributed by atoms with Crippen molar-refractivity contribution >= 4 is 17.8 Å². The van der Waals surface area contributed by atoms with Crippen molar-refractivity contribution in [1.82, 2.24) is 10.6 Å². The summed E-state index contributed by atoms with van der Waals surface area (Å²) in [6, 6.07) is -1.13. The van der Waals surface area contributed by atoms with Crippen LogP contribution in [0.4, 0.5) is 0 Å². The Kier molecular flexibility index (Phi) is 5.72. The molecule has 0 aromatic rings. The summed E-state index contributed by atoms with van der Waals surface area (Å²) in [4.78, 5) is 31.5. The van der Waals surface area contributed by atoms with Gasteiger partial charge < -0.3 is 15.5 Å². The molecule has 0 bridgehead atoms. The van der Waals surface area contributed by atoms with Crippen molar-refractivity contribution in [2.24, 2.45) is 0 Å². The number of carboxylic acids is 2. The SMILES string of the molecule is C=CC(=O)NCC(NCC(=O)O)C(=O)O. The minimum atomic E-state index is -1.24. The van der Waals surface area contributed by atoms with Crippen LogP contribution in [0.3, 0.4) is 0 Å². The summed E-state index contributed by atoms with van der Waals surface area (Å²) < 4.78 is 0. The molecule has 0 rings (SSSR count). The number of hydrogen-bond acceptors (Lipinski definition) is 4. The zero-order chi connectivity index (χ0) is 11.8. The molecule has 0 saturated carbocycles. The van der Waals surface area contributed by atoms with Gasteiger partial charge in [-0.2, -0.15) is 0 Å². The summed E-state index contributed by atoms with van der Waals surface area (Å²) in [5.74, 6) is -2.92. The molecule has 7 heteroatoms. The monoisotopic (exact) mass is 216 g/mol. The summed E-state index contributed by atoms with van der Waals surface area (Å²) in [6.45, 7) is 2.50. The topological polar surface area (TPSA) is 116 Å². The van der Waals surface area contributed by atoms with E-state index in [9.17, 15) is 14.4 Å². The molecule has 1 amide bonds. The number of carbonyl (C=O) groups is 3. The van der Waals surface area contributed by atoms with Gasteiger partial charge in [-0.25, -0.2) is 0 Å². The standard InChI is InChI=1S/C8H12N2O5/c1-2-6(11)10-3-5(8(14)15)9-4-7(12)13/h2,5,9H,1,3-4H2,(H,10,11)(H,12,13)(H,14,15). The number of nitrogens with one attached hydrogen (secondary N) is 2. The quantitative estimate of drug-likeness (QED) is 0.381. The normalized spacial score (nSPS) is 11.5. The van der Waals surface area contributed by atoms with E-state index in [2.05, 4.69) is 17.2 Å². The number of rotatable bonds is 7. The molecule has 0 fully saturated rings. The molecule has 4 N–H and O–H groups in total. The molecular weight excluding hydrogens is 204 g/mol. The number of carbonyl (C=O) groups excluding carboxylic acids is 1. The van der Waals surface area contributed by atoms with E-state index in [4.69, 9.17) is 10.2 Å². The third-order valence-corrected chi connectivity index (χ3v) is 1.46. The highest BCUT2D eigenvalue weighted by molar-refractivity contribution is 5.87. The van der Waals surface area contributed by atoms with Gasteiger partial charge in [-0.05, 0) is 6.08 Å². The van der Waals surface area contributed by atoms with E-state index >= 15 is 0 Å². The van der Waals surface area contributed by atoms with Crippen LogP contribution in [0.15, 0.2) is 12.7 Å². The van der Waals surface area contributed by atoms with Gasteiger partial charge in [-0.15, -0.1) is 0 Å². The zero-order valence-corrected chi connectivity index (χ0v) is 7.90. The first kappa shape index (κ1) is 13.1. The van der Waals surface area contributed by atoms with Gasteiger partial charge in [-0.3, -0.25) is 19.7 Å². The van der Waals surface area contributed by atoms with Gasteiger partial charge in [0.2, 0.25) is 5.91 Å². The van der Waals surface area contributed by atoms with E-state index in [1.54, 1.807) is 0 Å². The highest BCUT2D eigenvalue weighted by Gasteiger charge is 2.17. The average molecular weight is 216 g/mol. The van der Waals surface area contributed by atoms with Gasteiger partial charge in [0.25, 0.3) is 0 Å². The van der Waals surface area contributed by atoms with Gasteiger partial charge in [-0.1, -0.05) is 6.58 Å². The molecule has 0 radical (unpaired) electrons. The van der Waals surface area contributed by atoms with Gasteiger partial charge in [0, 0.05) is 6.54 Å². The highest BCUT2D eigenvalue weighted by Crippen LogP contribution is 1.82. The predicted molar refractivity (Wildman–Crippen MR) is 50.3 cm³/mol. The fourth-order valence-electron chi connectivity index (χ4n) is 0.732. The summed E-state index contributed by atoms with van der Waals surface area (Å²) in [7, 11) is 0. The van der Waals surface area contributed by atoms with Crippen LogP contribution in [0, 0.1) is 0 Å². The van der Waals surface area contributed by atoms with Crippen LogP contribution in [0.5, 0.6) is 0 Å². The van der Waals surface area contributed by atoms with Crippen LogP contribution in [0.1, 0.15) is 0 Å². The zero-order valence-electron chi connectivity index (χ0n) is 7.90. The van der Waals surface area contributed by atoms with Crippen molar-refractivity contribution in [3.63, 3.8) is 0 Å². The maximum absolute atomic E-state index is 10.7. The van der Waals surface area contributed by atoms with Crippen molar-refractivity contribution in [2.45, 2.75) is 6.04 Å². The third-order valence-electron chi connectivity index (χ3n) is 1.46. The Hall–Kier alpha value is -1.89. The molecule has 1 unspecified atom stereocenters. The van der Waals surface area contributed by atoms with Crippen LogP contribution < -0.4 is 10.6 Å². The van der Waals surface area contributed by atoms with Crippen LogP contribution in [0.25, 0.3) is 0 Å². The van der Waals surface area contributed by atoms with Gasteiger partial charge >= 0.3 is 11.9 Å². The Morgan fingerprint density at radius 3 is 2.33 bits per heavy atom. The number of amides is 1. The van der Waals surface area contributed by atoms with Gasteiger partial charge in [0.1, 0.15) is 6.04 Å². The molecule has 0 aliphatic heterocycles. The smallest absolute Gasteiger partial charge is 0.322 e. The van der Waals surface area contributed by atoms with Crippen LogP contribution >= 0.6 is 0 Å². The highest BCUT2D eigenvalue weighted by atomic mass is 16.4. The molecule has 0 aliphatic carbocycles. The van der Waals surface area contributed by atoms with E-state index < -0.39 is 30.4 Å². The molecule has 7 nitrogen and oxygen atoms in total. The van der Waals surface area contributed by atoms with Crippen molar-refractivity contribution in [1.29, 1.82) is 0 Å². The largest absolute Gasteiger partial charge is 0.480 e. The first-order chi connectivity index (χ1) is 6.97. The van der Waals surface area contributed by atoms with E-state index in [-0.39, 0.29) is 6.54 Å². The van der Waals surface area contributed by atoms with E-state index in [0.717, 1.165) is 6.08 Å². The maximum Gasteiger partial charge on any atom is 0.322 e. The number of carboxylic acid groups (broad SMARTS) is 2. The Balaban J connectivity index is 4.04. The maximum atomic E-state index is 10.7. The summed E-state index contributed by atoms with van der Waals surface area (Å²) >= 11 is 0. The fraction of sp³-hybridized carbons (Fsp3) is 0.375. The Morgan fingerprint density at radius 2 is 1.93 bits per heavy atom. The summed E-state index contributed by atoms with van der Waals surface area (Å²) in [5, 5.41) is 21.4. The van der Waals surface area contributed by atoms with Crippen LogP contribution in [-0.2, 0) is 14.4 Å². The number of hydrogen-bond donors (Lipinski definition) is 4. The molecule has 0 aromatic carbocycles. The second-order valence-corrected chi connectivity index (χ2v) is 2.61. The summed E-state index contributed by atoms with van der Waals surface area (Å²) in [5.41, 5.74) is 0. The molecule has 0 saturated heterocycles.